The number of amides is 1. The van der Waals surface area contributed by atoms with Gasteiger partial charge in [-0.2, -0.15) is 0 Å². The van der Waals surface area contributed by atoms with E-state index in [-0.39, 0.29) is 5.56 Å². The van der Waals surface area contributed by atoms with Crippen molar-refractivity contribution in [2.75, 3.05) is 12.4 Å². The molecule has 0 aliphatic heterocycles. The Balaban J connectivity index is 1.95. The Morgan fingerprint density at radius 2 is 2.00 bits per heavy atom. The van der Waals surface area contributed by atoms with Gasteiger partial charge in [0.05, 0.1) is 12.1 Å². The fourth-order valence-electron chi connectivity index (χ4n) is 2.39. The summed E-state index contributed by atoms with van der Waals surface area (Å²) < 4.78 is 10.3. The third-order valence-corrected chi connectivity index (χ3v) is 3.91. The maximum Gasteiger partial charge on any atom is 0.349 e. The van der Waals surface area contributed by atoms with Crippen LogP contribution in [0.5, 0.6) is 5.75 Å². The highest BCUT2D eigenvalue weighted by Crippen LogP contribution is 2.27. The van der Waals surface area contributed by atoms with Gasteiger partial charge in [-0.05, 0) is 36.8 Å². The number of hydrogen-bond acceptors (Lipinski definition) is 4. The van der Waals surface area contributed by atoms with Crippen molar-refractivity contribution in [1.29, 1.82) is 0 Å². The van der Waals surface area contributed by atoms with E-state index >= 15 is 0 Å². The maximum absolute atomic E-state index is 12.4. The highest BCUT2D eigenvalue weighted by Gasteiger charge is 2.15. The maximum atomic E-state index is 12.4. The number of nitrogens with one attached hydrogen (secondary N) is 1. The fraction of sp³-hybridized carbons (Fsp3) is 0.111. The summed E-state index contributed by atoms with van der Waals surface area (Å²) in [6.07, 6.45) is 0. The van der Waals surface area contributed by atoms with Crippen molar-refractivity contribution in [2.24, 2.45) is 0 Å². The van der Waals surface area contributed by atoms with Gasteiger partial charge in [0.1, 0.15) is 16.9 Å². The highest BCUT2D eigenvalue weighted by molar-refractivity contribution is 6.32. The van der Waals surface area contributed by atoms with Crippen molar-refractivity contribution in [3.05, 3.63) is 69.0 Å². The summed E-state index contributed by atoms with van der Waals surface area (Å²) in [5, 5.41) is 3.68. The monoisotopic (exact) mass is 343 g/mol. The summed E-state index contributed by atoms with van der Waals surface area (Å²) in [6.45, 7) is 1.84. The molecule has 0 fully saturated rings. The highest BCUT2D eigenvalue weighted by atomic mass is 35.5. The Hall–Kier alpha value is -2.79. The van der Waals surface area contributed by atoms with Gasteiger partial charge in [0, 0.05) is 11.1 Å². The molecule has 1 heterocycles. The first-order chi connectivity index (χ1) is 11.5. The fourth-order valence-corrected chi connectivity index (χ4v) is 2.65. The zero-order valence-corrected chi connectivity index (χ0v) is 13.8. The molecule has 0 aliphatic rings. The third-order valence-electron chi connectivity index (χ3n) is 3.61. The van der Waals surface area contributed by atoms with Crippen molar-refractivity contribution < 1.29 is 13.9 Å². The molecule has 5 nitrogen and oxygen atoms in total. The van der Waals surface area contributed by atoms with Gasteiger partial charge in [-0.15, -0.1) is 0 Å². The lowest BCUT2D eigenvalue weighted by Crippen LogP contribution is -2.20. The number of halogens is 1. The number of para-hydroxylation sites is 1. The molecule has 0 bridgehead atoms. The van der Waals surface area contributed by atoms with Gasteiger partial charge < -0.3 is 14.5 Å². The van der Waals surface area contributed by atoms with Crippen LogP contribution >= 0.6 is 11.6 Å². The number of aryl methyl sites for hydroxylation is 1. The average Bonchev–Trinajstić information content (AvgIpc) is 2.55. The van der Waals surface area contributed by atoms with E-state index in [1.54, 1.807) is 24.3 Å². The van der Waals surface area contributed by atoms with Crippen LogP contribution in [0, 0.1) is 6.92 Å². The van der Waals surface area contributed by atoms with Crippen molar-refractivity contribution in [1.82, 2.24) is 0 Å². The zero-order valence-electron chi connectivity index (χ0n) is 13.1. The molecule has 0 spiro atoms. The number of hydrogen-bond donors (Lipinski definition) is 1. The van der Waals surface area contributed by atoms with Crippen LogP contribution in [-0.4, -0.2) is 13.0 Å². The van der Waals surface area contributed by atoms with Gasteiger partial charge in [-0.25, -0.2) is 4.79 Å². The van der Waals surface area contributed by atoms with Crippen LogP contribution in [0.4, 0.5) is 5.69 Å². The first kappa shape index (κ1) is 16.1. The van der Waals surface area contributed by atoms with Crippen molar-refractivity contribution in [2.45, 2.75) is 6.92 Å². The van der Waals surface area contributed by atoms with E-state index < -0.39 is 11.5 Å². The molecule has 24 heavy (non-hydrogen) atoms. The summed E-state index contributed by atoms with van der Waals surface area (Å²) in [5.41, 5.74) is 1.01. The number of benzene rings is 2. The average molecular weight is 344 g/mol. The number of methoxy groups -OCH3 is 1. The van der Waals surface area contributed by atoms with Crippen molar-refractivity contribution in [3.8, 4) is 5.75 Å². The van der Waals surface area contributed by atoms with Gasteiger partial charge >= 0.3 is 5.63 Å². The van der Waals surface area contributed by atoms with Crippen LogP contribution in [0.1, 0.15) is 15.9 Å². The lowest BCUT2D eigenvalue weighted by molar-refractivity contribution is 0.102. The molecule has 3 aromatic rings. The summed E-state index contributed by atoms with van der Waals surface area (Å²) in [5.74, 6) is -0.0660. The summed E-state index contributed by atoms with van der Waals surface area (Å²) >= 11 is 6.03. The normalized spacial score (nSPS) is 10.6. The van der Waals surface area contributed by atoms with Crippen LogP contribution in [0.2, 0.25) is 5.02 Å². The molecule has 1 amide bonds. The van der Waals surface area contributed by atoms with Crippen LogP contribution < -0.4 is 15.7 Å². The first-order valence-corrected chi connectivity index (χ1v) is 7.56. The summed E-state index contributed by atoms with van der Waals surface area (Å²) in [6, 6.07) is 11.8. The van der Waals surface area contributed by atoms with Gasteiger partial charge in [-0.3, -0.25) is 4.79 Å². The Morgan fingerprint density at radius 3 is 2.71 bits per heavy atom. The van der Waals surface area contributed by atoms with E-state index in [1.807, 2.05) is 19.1 Å². The number of anilines is 1. The lowest BCUT2D eigenvalue weighted by atomic mass is 10.1. The lowest BCUT2D eigenvalue weighted by Gasteiger charge is -2.08. The quantitative estimate of drug-likeness (QED) is 0.729. The van der Waals surface area contributed by atoms with Crippen LogP contribution in [-0.2, 0) is 0 Å². The molecule has 0 atom stereocenters. The summed E-state index contributed by atoms with van der Waals surface area (Å²) in [4.78, 5) is 24.5. The molecule has 1 aromatic heterocycles. The van der Waals surface area contributed by atoms with Crippen LogP contribution in [0.15, 0.2) is 51.7 Å². The molecular formula is C18H14ClNO4. The number of carbonyl (C=O) groups excluding carboxylic acids is 1. The smallest absolute Gasteiger partial charge is 0.349 e. The molecule has 0 aliphatic carbocycles. The predicted octanol–water partition coefficient (Wildman–Crippen LogP) is 4.02. The molecule has 6 heteroatoms. The molecule has 0 unspecified atom stereocenters. The molecule has 0 saturated heterocycles. The Labute approximate surface area is 142 Å². The van der Waals surface area contributed by atoms with E-state index in [2.05, 4.69) is 5.32 Å². The molecule has 1 N–H and O–H groups in total. The summed E-state index contributed by atoms with van der Waals surface area (Å²) in [7, 11) is 1.50. The van der Waals surface area contributed by atoms with Gasteiger partial charge in [-0.1, -0.05) is 29.8 Å². The largest absolute Gasteiger partial charge is 0.495 e. The second-order valence-corrected chi connectivity index (χ2v) is 5.65. The minimum atomic E-state index is -0.686. The van der Waals surface area contributed by atoms with Gasteiger partial charge in [0.25, 0.3) is 5.91 Å². The Kier molecular flexibility index (Phi) is 4.27. The minimum absolute atomic E-state index is 0.0694. The van der Waals surface area contributed by atoms with E-state index in [1.165, 1.54) is 13.2 Å². The van der Waals surface area contributed by atoms with E-state index in [9.17, 15) is 9.59 Å². The SMILES string of the molecule is COc1ccc(NC(=O)c2cc3cccc(C)c3oc2=O)cc1Cl. The molecule has 2 aromatic carbocycles. The number of fused-ring (bicyclic) bond motifs is 1. The van der Waals surface area contributed by atoms with Gasteiger partial charge in [0.15, 0.2) is 0 Å². The van der Waals surface area contributed by atoms with E-state index in [0.29, 0.717) is 27.4 Å². The predicted molar refractivity (Wildman–Crippen MR) is 93.2 cm³/mol. The third kappa shape index (κ3) is 2.98. The second-order valence-electron chi connectivity index (χ2n) is 5.24. The van der Waals surface area contributed by atoms with Crippen molar-refractivity contribution in [3.63, 3.8) is 0 Å². The standard InChI is InChI=1S/C18H14ClNO4/c1-10-4-3-5-11-8-13(18(22)24-16(10)11)17(21)20-12-6-7-15(23-2)14(19)9-12/h3-9H,1-2H3,(H,20,21). The van der Waals surface area contributed by atoms with E-state index in [0.717, 1.165) is 5.56 Å². The van der Waals surface area contributed by atoms with E-state index in [4.69, 9.17) is 20.8 Å². The topological polar surface area (TPSA) is 68.5 Å². The molecule has 3 rings (SSSR count). The first-order valence-electron chi connectivity index (χ1n) is 7.18. The van der Waals surface area contributed by atoms with Crippen LogP contribution in [0.3, 0.4) is 0 Å². The van der Waals surface area contributed by atoms with Crippen LogP contribution in [0.25, 0.3) is 11.0 Å². The molecule has 0 saturated carbocycles. The Morgan fingerprint density at radius 1 is 1.21 bits per heavy atom. The number of ether oxygens (including phenoxy) is 1. The van der Waals surface area contributed by atoms with Gasteiger partial charge in [0.2, 0.25) is 0 Å². The number of rotatable bonds is 3. The second kappa shape index (κ2) is 6.37. The molecule has 122 valence electrons. The zero-order chi connectivity index (χ0) is 17.3. The molecule has 0 radical (unpaired) electrons. The van der Waals surface area contributed by atoms with Crippen molar-refractivity contribution >= 4 is 34.2 Å². The Bertz CT molecular complexity index is 994. The number of carbonyl (C=O) groups is 1. The molecular weight excluding hydrogens is 330 g/mol. The minimum Gasteiger partial charge on any atom is -0.495 e.